The summed E-state index contributed by atoms with van der Waals surface area (Å²) in [7, 11) is 0. The minimum Gasteiger partial charge on any atom is -0.492 e. The third-order valence-electron chi connectivity index (χ3n) is 4.39. The van der Waals surface area contributed by atoms with E-state index in [0.29, 0.717) is 39.7 Å². The molecule has 4 aromatic rings. The molecule has 4 rings (SSSR count). The van der Waals surface area contributed by atoms with Crippen LogP contribution in [0.1, 0.15) is 6.92 Å². The zero-order valence-electron chi connectivity index (χ0n) is 15.2. The van der Waals surface area contributed by atoms with Crippen LogP contribution in [0.15, 0.2) is 71.8 Å². The molecule has 0 amide bonds. The Morgan fingerprint density at radius 3 is 2.68 bits per heavy atom. The molecule has 5 nitrogen and oxygen atoms in total. The highest BCUT2D eigenvalue weighted by Gasteiger charge is 2.13. The van der Waals surface area contributed by atoms with Crippen LogP contribution in [0.25, 0.3) is 22.0 Å². The normalized spacial score (nSPS) is 10.8. The number of pyridine rings is 2. The van der Waals surface area contributed by atoms with E-state index in [-0.39, 0.29) is 5.43 Å². The molecule has 6 heteroatoms. The second kappa shape index (κ2) is 7.74. The number of aromatic nitrogens is 2. The van der Waals surface area contributed by atoms with E-state index in [4.69, 9.17) is 16.3 Å². The lowest BCUT2D eigenvalue weighted by atomic mass is 10.1. The smallest absolute Gasteiger partial charge is 0.200 e. The van der Waals surface area contributed by atoms with E-state index in [0.717, 1.165) is 11.3 Å². The number of aromatic amines is 1. The Balaban J connectivity index is 1.85. The van der Waals surface area contributed by atoms with Gasteiger partial charge < -0.3 is 15.0 Å². The predicted molar refractivity (Wildman–Crippen MR) is 114 cm³/mol. The van der Waals surface area contributed by atoms with Crippen molar-refractivity contribution in [2.24, 2.45) is 0 Å². The van der Waals surface area contributed by atoms with Crippen LogP contribution in [0.2, 0.25) is 5.02 Å². The first kappa shape index (κ1) is 18.1. The molecule has 2 aromatic carbocycles. The van der Waals surface area contributed by atoms with Crippen molar-refractivity contribution in [3.8, 4) is 16.9 Å². The van der Waals surface area contributed by atoms with Gasteiger partial charge in [0.15, 0.2) is 0 Å². The Hall–Kier alpha value is -3.31. The van der Waals surface area contributed by atoms with Gasteiger partial charge in [0.05, 0.1) is 23.2 Å². The van der Waals surface area contributed by atoms with Crippen molar-refractivity contribution in [1.82, 2.24) is 9.97 Å². The van der Waals surface area contributed by atoms with Crippen LogP contribution >= 0.6 is 11.6 Å². The number of benzene rings is 2. The largest absolute Gasteiger partial charge is 0.492 e. The van der Waals surface area contributed by atoms with Crippen LogP contribution in [0, 0.1) is 0 Å². The lowest BCUT2D eigenvalue weighted by Gasteiger charge is -2.13. The van der Waals surface area contributed by atoms with Crippen LogP contribution in [-0.4, -0.2) is 16.6 Å². The lowest BCUT2D eigenvalue weighted by molar-refractivity contribution is 0.342. The monoisotopic (exact) mass is 391 g/mol. The minimum absolute atomic E-state index is 0.111. The number of halogens is 1. The summed E-state index contributed by atoms with van der Waals surface area (Å²) in [5.74, 6) is 1.18. The molecule has 0 aliphatic heterocycles. The van der Waals surface area contributed by atoms with E-state index in [2.05, 4.69) is 15.3 Å². The number of para-hydroxylation sites is 2. The summed E-state index contributed by atoms with van der Waals surface area (Å²) in [6, 6.07) is 16.5. The van der Waals surface area contributed by atoms with E-state index >= 15 is 0 Å². The fourth-order valence-electron chi connectivity index (χ4n) is 3.08. The summed E-state index contributed by atoms with van der Waals surface area (Å²) < 4.78 is 5.67. The fraction of sp³-hybridized carbons (Fsp3) is 0.0909. The molecule has 2 aromatic heterocycles. The molecule has 0 unspecified atom stereocenters. The topological polar surface area (TPSA) is 67.0 Å². The molecule has 140 valence electrons. The maximum atomic E-state index is 13.3. The number of nitrogens with one attached hydrogen (secondary N) is 2. The molecule has 0 aliphatic rings. The van der Waals surface area contributed by atoms with E-state index in [1.165, 1.54) is 0 Å². The molecular formula is C22H18ClN3O2. The van der Waals surface area contributed by atoms with Crippen molar-refractivity contribution in [2.75, 3.05) is 11.9 Å². The van der Waals surface area contributed by atoms with Gasteiger partial charge in [-0.05, 0) is 42.8 Å². The quantitative estimate of drug-likeness (QED) is 0.479. The van der Waals surface area contributed by atoms with Crippen molar-refractivity contribution >= 4 is 34.0 Å². The van der Waals surface area contributed by atoms with E-state index in [1.807, 2.05) is 43.3 Å². The van der Waals surface area contributed by atoms with Gasteiger partial charge in [-0.25, -0.2) is 4.98 Å². The second-order valence-electron chi connectivity index (χ2n) is 6.17. The van der Waals surface area contributed by atoms with Gasteiger partial charge in [0, 0.05) is 23.0 Å². The van der Waals surface area contributed by atoms with Gasteiger partial charge in [-0.1, -0.05) is 35.9 Å². The summed E-state index contributed by atoms with van der Waals surface area (Å²) in [6.07, 6.45) is 3.37. The molecular weight excluding hydrogens is 374 g/mol. The maximum absolute atomic E-state index is 13.3. The van der Waals surface area contributed by atoms with E-state index < -0.39 is 0 Å². The Labute approximate surface area is 167 Å². The zero-order valence-corrected chi connectivity index (χ0v) is 16.0. The number of hydrogen-bond acceptors (Lipinski definition) is 4. The third kappa shape index (κ3) is 3.44. The van der Waals surface area contributed by atoms with Crippen LogP contribution < -0.4 is 15.5 Å². The first-order chi connectivity index (χ1) is 13.7. The van der Waals surface area contributed by atoms with Crippen molar-refractivity contribution in [3.05, 3.63) is 82.2 Å². The van der Waals surface area contributed by atoms with E-state index in [1.54, 1.807) is 30.6 Å². The Morgan fingerprint density at radius 2 is 1.89 bits per heavy atom. The summed E-state index contributed by atoms with van der Waals surface area (Å²) in [5.41, 5.74) is 2.69. The van der Waals surface area contributed by atoms with Crippen molar-refractivity contribution < 1.29 is 4.74 Å². The highest BCUT2D eigenvalue weighted by molar-refractivity contribution is 6.30. The van der Waals surface area contributed by atoms with Gasteiger partial charge in [0.25, 0.3) is 0 Å². The van der Waals surface area contributed by atoms with Crippen LogP contribution in [0.5, 0.6) is 5.75 Å². The number of nitrogens with zero attached hydrogens (tertiary/aromatic N) is 1. The predicted octanol–water partition coefficient (Wildman–Crippen LogP) is 5.39. The molecule has 0 atom stereocenters. The van der Waals surface area contributed by atoms with Gasteiger partial charge in [-0.15, -0.1) is 0 Å². The highest BCUT2D eigenvalue weighted by Crippen LogP contribution is 2.29. The van der Waals surface area contributed by atoms with Gasteiger partial charge in [-0.3, -0.25) is 4.79 Å². The van der Waals surface area contributed by atoms with Crippen LogP contribution in [-0.2, 0) is 0 Å². The molecule has 0 saturated heterocycles. The number of H-pyrrole nitrogens is 1. The molecule has 2 N–H and O–H groups in total. The number of fused-ring (bicyclic) bond motifs is 1. The lowest BCUT2D eigenvalue weighted by Crippen LogP contribution is -2.10. The number of rotatable bonds is 5. The maximum Gasteiger partial charge on any atom is 0.200 e. The molecule has 28 heavy (non-hydrogen) atoms. The summed E-state index contributed by atoms with van der Waals surface area (Å²) in [5, 5.41) is 4.36. The summed E-state index contributed by atoms with van der Waals surface area (Å²) >= 11 is 5.97. The SMILES string of the molecule is CCOc1ccccc1Nc1nccc2[nH]cc(-c3ccc(Cl)cc3)c(=O)c12. The summed E-state index contributed by atoms with van der Waals surface area (Å²) in [4.78, 5) is 20.9. The first-order valence-corrected chi connectivity index (χ1v) is 9.30. The number of hydrogen-bond donors (Lipinski definition) is 2. The van der Waals surface area contributed by atoms with E-state index in [9.17, 15) is 4.79 Å². The molecule has 0 fully saturated rings. The van der Waals surface area contributed by atoms with Crippen molar-refractivity contribution in [3.63, 3.8) is 0 Å². The first-order valence-electron chi connectivity index (χ1n) is 8.92. The average molecular weight is 392 g/mol. The van der Waals surface area contributed by atoms with Crippen molar-refractivity contribution in [2.45, 2.75) is 6.92 Å². The average Bonchev–Trinajstić information content (AvgIpc) is 2.71. The van der Waals surface area contributed by atoms with Crippen LogP contribution in [0.3, 0.4) is 0 Å². The van der Waals surface area contributed by atoms with Gasteiger partial charge in [-0.2, -0.15) is 0 Å². The molecule has 0 saturated carbocycles. The van der Waals surface area contributed by atoms with Gasteiger partial charge in [0.2, 0.25) is 5.43 Å². The Kier molecular flexibility index (Phi) is 5.00. The highest BCUT2D eigenvalue weighted by atomic mass is 35.5. The standard InChI is InChI=1S/C22H18ClN3O2/c1-2-28-19-6-4-3-5-17(19)26-22-20-18(11-12-24-22)25-13-16(21(20)27)14-7-9-15(23)10-8-14/h3-13H,2H2,1H3,(H,24,26)(H,25,27). The molecule has 0 radical (unpaired) electrons. The second-order valence-corrected chi connectivity index (χ2v) is 6.61. The number of anilines is 2. The van der Waals surface area contributed by atoms with Gasteiger partial charge >= 0.3 is 0 Å². The Bertz CT molecular complexity index is 1190. The third-order valence-corrected chi connectivity index (χ3v) is 4.64. The minimum atomic E-state index is -0.111. The van der Waals surface area contributed by atoms with Crippen LogP contribution in [0.4, 0.5) is 11.5 Å². The molecule has 0 bridgehead atoms. The fourth-order valence-corrected chi connectivity index (χ4v) is 3.21. The number of ether oxygens (including phenoxy) is 1. The van der Waals surface area contributed by atoms with Gasteiger partial charge in [0.1, 0.15) is 11.6 Å². The van der Waals surface area contributed by atoms with Crippen molar-refractivity contribution in [1.29, 1.82) is 0 Å². The molecule has 2 heterocycles. The molecule has 0 spiro atoms. The molecule has 0 aliphatic carbocycles. The Morgan fingerprint density at radius 1 is 1.11 bits per heavy atom. The summed E-state index contributed by atoms with van der Waals surface area (Å²) in [6.45, 7) is 2.47. The zero-order chi connectivity index (χ0) is 19.5.